The van der Waals surface area contributed by atoms with Gasteiger partial charge in [-0.3, -0.25) is 28.9 Å². The van der Waals surface area contributed by atoms with Gasteiger partial charge in [-0.25, -0.2) is 26.7 Å². The van der Waals surface area contributed by atoms with Crippen molar-refractivity contribution in [2.45, 2.75) is 32.7 Å². The zero-order chi connectivity index (χ0) is 103. The number of carboxylic acid groups (broad SMARTS) is 1. The van der Waals surface area contributed by atoms with Gasteiger partial charge in [0, 0.05) is 206 Å². The number of benzene rings is 15. The van der Waals surface area contributed by atoms with E-state index in [1.165, 1.54) is 79.1 Å². The first-order chi connectivity index (χ1) is 72.0. The van der Waals surface area contributed by atoms with Gasteiger partial charge in [-0.15, -0.1) is 0 Å². The summed E-state index contributed by atoms with van der Waals surface area (Å²) in [7, 11) is 0. The van der Waals surface area contributed by atoms with E-state index in [-0.39, 0.29) is 28.8 Å². The van der Waals surface area contributed by atoms with E-state index in [1.807, 2.05) is 170 Å². The van der Waals surface area contributed by atoms with E-state index in [9.17, 15) is 50.7 Å². The van der Waals surface area contributed by atoms with Gasteiger partial charge in [0.2, 0.25) is 0 Å². The largest absolute Gasteiger partial charge is 0.478 e. The molecule has 6 fully saturated rings. The van der Waals surface area contributed by atoms with E-state index in [0.717, 1.165) is 131 Å². The number of carboxylic acids is 1. The molecule has 15 aromatic carbocycles. The summed E-state index contributed by atoms with van der Waals surface area (Å²) in [5, 5.41) is 30.4. The molecule has 0 bridgehead atoms. The molecular formula is C117H114Br2F5N11O13. The number of carbonyl (C=O) groups is 6. The third-order valence-corrected chi connectivity index (χ3v) is 27.3. The monoisotopic (exact) mass is 2130 g/mol. The number of halogens is 7. The fraction of sp³-hybridized carbons (Fsp3) is 0.248. The Morgan fingerprint density at radius 1 is 0.331 bits per heavy atom. The van der Waals surface area contributed by atoms with E-state index < -0.39 is 41.0 Å². The predicted octanol–water partition coefficient (Wildman–Crippen LogP) is 23.4. The normalized spacial score (nSPS) is 14.8. The lowest BCUT2D eigenvalue weighted by molar-refractivity contribution is 0.0343. The molecule has 15 aromatic rings. The fourth-order valence-corrected chi connectivity index (χ4v) is 19.2. The van der Waals surface area contributed by atoms with Crippen LogP contribution in [0.25, 0.3) is 59.9 Å². The number of allylic oxidation sites excluding steroid dienone is 1. The molecule has 0 radical (unpaired) electrons. The van der Waals surface area contributed by atoms with E-state index >= 15 is 0 Å². The summed E-state index contributed by atoms with van der Waals surface area (Å²) < 4.78 is 104. The molecule has 0 unspecified atom stereocenters. The summed E-state index contributed by atoms with van der Waals surface area (Å²) in [6.07, 6.45) is 8.52. The van der Waals surface area contributed by atoms with Crippen LogP contribution in [0.5, 0.6) is 0 Å². The van der Waals surface area contributed by atoms with Crippen LogP contribution in [0.4, 0.5) is 78.8 Å². The Morgan fingerprint density at radius 2 is 0.608 bits per heavy atom. The Morgan fingerprint density at radius 3 is 0.959 bits per heavy atom. The summed E-state index contributed by atoms with van der Waals surface area (Å²) in [6, 6.07) is 79.8. The van der Waals surface area contributed by atoms with Crippen LogP contribution in [-0.2, 0) is 35.0 Å². The second kappa shape index (κ2) is 52.2. The SMILES string of the molecule is CCCC/C=C/c1ccc(NC(=O)c2cc(F)cc(N3CCOCC3)c2)c2ccccc12.Nc1ccc(Br)c2ccccc12.O=C(Nc1ccc(Br)c2ccccc12)c1cc(F)cc(N2CCOCC2)c1.O=C(Nc1ccc(CN2CCOCC2)c2ccccc12)c1cc(F)cc(N2CCOCC2)c1.O=C(O)c1cc(F)cc(N2CCOCC2)c1.O=Cc1ccc(NC(=O)c2cc(F)cc(N3CCOCC3)c2)c2ccccc12. The molecule has 0 aliphatic carbocycles. The third-order valence-electron chi connectivity index (χ3n) is 25.9. The number of anilines is 10. The van der Waals surface area contributed by atoms with Gasteiger partial charge in [-0.05, 0) is 184 Å². The zero-order valence-electron chi connectivity index (χ0n) is 81.8. The van der Waals surface area contributed by atoms with Crippen LogP contribution in [-0.4, -0.2) is 204 Å². The van der Waals surface area contributed by atoms with Crippen molar-refractivity contribution in [1.82, 2.24) is 4.90 Å². The summed E-state index contributed by atoms with van der Waals surface area (Å²) in [5.74, 6) is -4.76. The number of nitrogens with one attached hydrogen (secondary N) is 4. The number of carbonyl (C=O) groups excluding carboxylic acids is 5. The highest BCUT2D eigenvalue weighted by Crippen LogP contribution is 2.37. The summed E-state index contributed by atoms with van der Waals surface area (Å²) in [6.45, 7) is 19.0. The van der Waals surface area contributed by atoms with Gasteiger partial charge in [0.05, 0.1) is 84.8 Å². The summed E-state index contributed by atoms with van der Waals surface area (Å²) >= 11 is 7.00. The van der Waals surface area contributed by atoms with Gasteiger partial charge >= 0.3 is 5.97 Å². The van der Waals surface area contributed by atoms with Gasteiger partial charge < -0.3 is 85.0 Å². The highest BCUT2D eigenvalue weighted by molar-refractivity contribution is 9.11. The molecule has 31 heteroatoms. The number of hydrogen-bond donors (Lipinski definition) is 6. The smallest absolute Gasteiger partial charge is 0.335 e. The predicted molar refractivity (Wildman–Crippen MR) is 586 cm³/mol. The third kappa shape index (κ3) is 28.3. The minimum Gasteiger partial charge on any atom is -0.478 e. The molecule has 24 nitrogen and oxygen atoms in total. The molecule has 4 amide bonds. The number of nitrogens with zero attached hydrogens (tertiary/aromatic N) is 6. The van der Waals surface area contributed by atoms with Crippen molar-refractivity contribution in [2.75, 3.05) is 209 Å². The average molecular weight is 2140 g/mol. The van der Waals surface area contributed by atoms with Gasteiger partial charge in [-0.2, -0.15) is 0 Å². The van der Waals surface area contributed by atoms with Crippen molar-refractivity contribution >= 4 is 185 Å². The number of hydrogen-bond acceptors (Lipinski definition) is 19. The van der Waals surface area contributed by atoms with E-state index in [2.05, 4.69) is 101 Å². The van der Waals surface area contributed by atoms with Crippen molar-refractivity contribution in [2.24, 2.45) is 0 Å². The first kappa shape index (κ1) is 106. The number of amides is 4. The van der Waals surface area contributed by atoms with Gasteiger partial charge in [0.25, 0.3) is 23.6 Å². The Balaban J connectivity index is 0.000000130. The van der Waals surface area contributed by atoms with Crippen molar-refractivity contribution in [3.05, 3.63) is 362 Å². The maximum absolute atomic E-state index is 14.4. The summed E-state index contributed by atoms with van der Waals surface area (Å²) in [4.78, 5) is 86.2. The number of ether oxygens (including phenoxy) is 6. The second-order valence-corrected chi connectivity index (χ2v) is 37.5. The Kier molecular flexibility index (Phi) is 37.5. The van der Waals surface area contributed by atoms with Crippen LogP contribution in [0, 0.1) is 29.1 Å². The number of rotatable bonds is 21. The van der Waals surface area contributed by atoms with Crippen molar-refractivity contribution in [3.8, 4) is 0 Å². The van der Waals surface area contributed by atoms with Crippen LogP contribution < -0.4 is 51.5 Å². The van der Waals surface area contributed by atoms with Gasteiger partial charge in [0.15, 0.2) is 6.29 Å². The molecule has 6 aliphatic rings. The minimum atomic E-state index is -1.12. The lowest BCUT2D eigenvalue weighted by Gasteiger charge is -2.29. The minimum absolute atomic E-state index is 0.0264. The topological polar surface area (TPSA) is 272 Å². The van der Waals surface area contributed by atoms with Crippen LogP contribution in [0.15, 0.2) is 288 Å². The molecule has 21 rings (SSSR count). The molecule has 6 aliphatic heterocycles. The average Bonchev–Trinajstić information content (AvgIpc) is 0.796. The number of unbranched alkanes of at least 4 members (excludes halogenated alkanes) is 2. The second-order valence-electron chi connectivity index (χ2n) is 35.8. The highest BCUT2D eigenvalue weighted by Gasteiger charge is 2.26. The molecule has 6 heterocycles. The van der Waals surface area contributed by atoms with E-state index in [4.69, 9.17) is 39.3 Å². The number of aldehydes is 1. The van der Waals surface area contributed by atoms with Gasteiger partial charge in [0.1, 0.15) is 29.1 Å². The molecular weight excluding hydrogens is 2020 g/mol. The molecule has 0 spiro atoms. The Labute approximate surface area is 871 Å². The van der Waals surface area contributed by atoms with E-state index in [0.29, 0.717) is 199 Å². The molecule has 0 aromatic heterocycles. The number of nitrogens with two attached hydrogens (primary N) is 1. The first-order valence-corrected chi connectivity index (χ1v) is 50.9. The van der Waals surface area contributed by atoms with E-state index in [1.54, 1.807) is 36.4 Å². The Bertz CT molecular complexity index is 7240. The number of aromatic carboxylic acids is 1. The number of nitrogen functional groups attached to an aromatic ring is 1. The zero-order valence-corrected chi connectivity index (χ0v) is 84.9. The summed E-state index contributed by atoms with van der Waals surface area (Å²) in [5.41, 5.74) is 16.7. The standard InChI is InChI=1S/C27H29FN2O2.C26H28FN3O3.C22H19FN2O3.C21H18BrFN2O2.C11H12FNO3.C10H8BrN/c1-2-3-4-5-8-20-11-12-26(25-10-7-6-9-24(20)25)29-27(31)21-17-22(28)19-23(18-21)30-13-15-32-16-14-30;27-21-15-20(16-22(17-21)30-9-13-33-14-10-30)26(31)28-25-6-5-19(18-29-7-11-32-12-8-29)23-3-1-2-4-24(23)25;23-17-11-16(12-18(13-17)25-7-9-28-10-8-25)22(27)24-21-6-5-15(14-26)19-3-1-2-4-20(19)21;22-19-5-6-20(18-4-2-1-3-17(18)19)24-21(26)14-11-15(23)13-16(12-14)25-7-9-27-10-8-25;12-9-5-8(11(14)15)6-10(7-9)13-1-3-16-4-2-13;11-9-5-6-10(12)8-4-2-1-3-7(8)9/h5-12,17-19H,2-4,13-16H2,1H3,(H,29,31);1-6,15-17H,7-14,18H2,(H,28,31);1-6,11-14H,7-10H2,(H,24,27);1-6,11-13H,7-10H2,(H,24,26);5-7H,1-4H2,(H,14,15);1-6H,12H2/b8-5+;;;;;. The van der Waals surface area contributed by atoms with Crippen LogP contribution in [0.2, 0.25) is 0 Å². The first-order valence-electron chi connectivity index (χ1n) is 49.3. The molecule has 0 atom stereocenters. The lowest BCUT2D eigenvalue weighted by Crippen LogP contribution is -2.36. The van der Waals surface area contributed by atoms with Gasteiger partial charge in [-0.1, -0.05) is 197 Å². The molecule has 0 saturated carbocycles. The molecule has 148 heavy (non-hydrogen) atoms. The maximum Gasteiger partial charge on any atom is 0.335 e. The lowest BCUT2D eigenvalue weighted by atomic mass is 10.0. The fourth-order valence-electron chi connectivity index (χ4n) is 18.2. The van der Waals surface area contributed by atoms with Crippen LogP contribution >= 0.6 is 31.9 Å². The van der Waals surface area contributed by atoms with Crippen molar-refractivity contribution in [1.29, 1.82) is 0 Å². The van der Waals surface area contributed by atoms with Crippen molar-refractivity contribution in [3.63, 3.8) is 0 Å². The molecule has 764 valence electrons. The number of morpholine rings is 6. The molecule has 6 saturated heterocycles. The quantitative estimate of drug-likeness (QED) is 0.0169. The van der Waals surface area contributed by atoms with Crippen LogP contribution in [0.1, 0.15) is 99.5 Å². The number of fused-ring (bicyclic) bond motifs is 5. The van der Waals surface area contributed by atoms with Crippen LogP contribution in [0.3, 0.4) is 0 Å². The highest BCUT2D eigenvalue weighted by atomic mass is 79.9. The van der Waals surface area contributed by atoms with Crippen molar-refractivity contribution < 1.29 is 84.2 Å². The Hall–Kier alpha value is -14.5. The molecule has 7 N–H and O–H groups in total. The maximum atomic E-state index is 14.4.